The Hall–Kier alpha value is -3.93. The molecule has 0 heterocycles. The van der Waals surface area contributed by atoms with Crippen molar-refractivity contribution in [2.45, 2.75) is 348 Å². The molecule has 0 bridgehead atoms. The molecule has 0 aliphatic rings. The fraction of sp³-hybridized carbons (Fsp3) is 0.727. The Balaban J connectivity index is 4.21. The average Bonchev–Trinajstić information content (AvgIpc) is 3.49. The molecule has 1 atom stereocenters. The van der Waals surface area contributed by atoms with E-state index in [2.05, 4.69) is 130 Å². The van der Waals surface area contributed by atoms with Crippen LogP contribution in [0.25, 0.3) is 0 Å². The Morgan fingerprint density at radius 3 is 0.735 bits per heavy atom. The van der Waals surface area contributed by atoms with Crippen LogP contribution in [0.4, 0.5) is 0 Å². The molecule has 83 heavy (non-hydrogen) atoms. The van der Waals surface area contributed by atoms with Crippen molar-refractivity contribution in [2.75, 3.05) is 13.2 Å². The third kappa shape index (κ3) is 68.7. The van der Waals surface area contributed by atoms with Crippen molar-refractivity contribution in [2.24, 2.45) is 0 Å². The van der Waals surface area contributed by atoms with Crippen LogP contribution in [0.3, 0.4) is 0 Å². The van der Waals surface area contributed by atoms with Gasteiger partial charge in [-0.2, -0.15) is 0 Å². The molecular formula is C77H132O6. The first-order chi connectivity index (χ1) is 41.0. The molecule has 0 aromatic rings. The van der Waals surface area contributed by atoms with Crippen molar-refractivity contribution in [3.8, 4) is 0 Å². The second-order valence-electron chi connectivity index (χ2n) is 23.4. The second kappa shape index (κ2) is 70.6. The van der Waals surface area contributed by atoms with E-state index in [1.165, 1.54) is 161 Å². The van der Waals surface area contributed by atoms with E-state index in [9.17, 15) is 14.4 Å². The quantitative estimate of drug-likeness (QED) is 0.0261. The van der Waals surface area contributed by atoms with E-state index in [0.29, 0.717) is 19.3 Å². The van der Waals surface area contributed by atoms with Gasteiger partial charge in [-0.1, -0.05) is 310 Å². The largest absolute Gasteiger partial charge is 0.462 e. The van der Waals surface area contributed by atoms with Gasteiger partial charge in [-0.25, -0.2) is 0 Å². The van der Waals surface area contributed by atoms with Crippen molar-refractivity contribution in [1.82, 2.24) is 0 Å². The molecule has 0 aromatic carbocycles. The molecule has 0 aromatic heterocycles. The average molecular weight is 1150 g/mol. The van der Waals surface area contributed by atoms with Crippen LogP contribution in [0, 0.1) is 0 Å². The van der Waals surface area contributed by atoms with Gasteiger partial charge in [0.05, 0.1) is 0 Å². The molecule has 6 nitrogen and oxygen atoms in total. The monoisotopic (exact) mass is 1150 g/mol. The Kier molecular flexibility index (Phi) is 67.2. The van der Waals surface area contributed by atoms with Gasteiger partial charge < -0.3 is 14.2 Å². The van der Waals surface area contributed by atoms with Gasteiger partial charge in [0, 0.05) is 19.3 Å². The van der Waals surface area contributed by atoms with Crippen LogP contribution in [0.1, 0.15) is 342 Å². The van der Waals surface area contributed by atoms with Crippen LogP contribution < -0.4 is 0 Å². The summed E-state index contributed by atoms with van der Waals surface area (Å²) in [5, 5.41) is 0. The third-order valence-electron chi connectivity index (χ3n) is 15.2. The fourth-order valence-corrected chi connectivity index (χ4v) is 10.0. The Labute approximate surface area is 514 Å². The summed E-state index contributed by atoms with van der Waals surface area (Å²) in [6, 6.07) is 0. The number of hydrogen-bond acceptors (Lipinski definition) is 6. The lowest BCUT2D eigenvalue weighted by Crippen LogP contribution is -2.30. The van der Waals surface area contributed by atoms with Gasteiger partial charge in [-0.15, -0.1) is 0 Å². The van der Waals surface area contributed by atoms with E-state index >= 15 is 0 Å². The van der Waals surface area contributed by atoms with E-state index in [1.54, 1.807) is 0 Å². The zero-order chi connectivity index (χ0) is 59.9. The molecule has 6 heteroatoms. The predicted octanol–water partition coefficient (Wildman–Crippen LogP) is 24.6. The van der Waals surface area contributed by atoms with Crippen LogP contribution in [-0.2, 0) is 28.6 Å². The molecular weight excluding hydrogens is 1020 g/mol. The number of ether oxygens (including phenoxy) is 3. The maximum atomic E-state index is 12.9. The first kappa shape index (κ1) is 79.1. The summed E-state index contributed by atoms with van der Waals surface area (Å²) in [6.07, 6.45) is 97.0. The Morgan fingerprint density at radius 1 is 0.253 bits per heavy atom. The maximum Gasteiger partial charge on any atom is 0.306 e. The number of carbonyl (C=O) groups is 3. The smallest absolute Gasteiger partial charge is 0.306 e. The topological polar surface area (TPSA) is 78.9 Å². The molecule has 0 spiro atoms. The minimum absolute atomic E-state index is 0.0923. The van der Waals surface area contributed by atoms with E-state index < -0.39 is 6.10 Å². The highest BCUT2D eigenvalue weighted by Crippen LogP contribution is 2.17. The number of carbonyl (C=O) groups excluding carboxylic acids is 3. The van der Waals surface area contributed by atoms with Gasteiger partial charge in [-0.3, -0.25) is 14.4 Å². The van der Waals surface area contributed by atoms with Crippen molar-refractivity contribution in [1.29, 1.82) is 0 Å². The van der Waals surface area contributed by atoms with E-state index in [-0.39, 0.29) is 31.1 Å². The minimum Gasteiger partial charge on any atom is -0.462 e. The summed E-state index contributed by atoms with van der Waals surface area (Å²) in [4.78, 5) is 38.4. The van der Waals surface area contributed by atoms with Gasteiger partial charge in [0.25, 0.3) is 0 Å². The normalized spacial score (nSPS) is 12.8. The first-order valence-electron chi connectivity index (χ1n) is 35.4. The number of rotatable bonds is 64. The first-order valence-corrected chi connectivity index (χ1v) is 35.4. The zero-order valence-corrected chi connectivity index (χ0v) is 54.7. The lowest BCUT2D eigenvalue weighted by atomic mass is 10.0. The Morgan fingerprint density at radius 2 is 0.470 bits per heavy atom. The minimum atomic E-state index is -0.800. The van der Waals surface area contributed by atoms with Crippen LogP contribution in [0.2, 0.25) is 0 Å². The highest BCUT2D eigenvalue weighted by Gasteiger charge is 2.19. The highest BCUT2D eigenvalue weighted by atomic mass is 16.6. The molecule has 0 saturated carbocycles. The van der Waals surface area contributed by atoms with Crippen LogP contribution in [0.15, 0.2) is 109 Å². The van der Waals surface area contributed by atoms with Gasteiger partial charge >= 0.3 is 17.9 Å². The maximum absolute atomic E-state index is 12.9. The lowest BCUT2D eigenvalue weighted by Gasteiger charge is -2.18. The predicted molar refractivity (Wildman–Crippen MR) is 362 cm³/mol. The summed E-state index contributed by atoms with van der Waals surface area (Å²) in [7, 11) is 0. The molecule has 0 radical (unpaired) electrons. The molecule has 0 rings (SSSR count). The Bertz CT molecular complexity index is 1660. The van der Waals surface area contributed by atoms with E-state index in [1.807, 2.05) is 0 Å². The molecule has 0 aliphatic heterocycles. The zero-order valence-electron chi connectivity index (χ0n) is 54.7. The van der Waals surface area contributed by atoms with Crippen LogP contribution in [0.5, 0.6) is 0 Å². The van der Waals surface area contributed by atoms with Crippen LogP contribution in [-0.4, -0.2) is 37.2 Å². The molecule has 476 valence electrons. The molecule has 0 fully saturated rings. The van der Waals surface area contributed by atoms with Crippen molar-refractivity contribution >= 4 is 17.9 Å². The summed E-state index contributed by atoms with van der Waals surface area (Å²) in [5.74, 6) is -0.922. The van der Waals surface area contributed by atoms with Gasteiger partial charge in [-0.05, 0) is 122 Å². The summed E-state index contributed by atoms with van der Waals surface area (Å²) in [5.41, 5.74) is 0. The molecule has 0 N–H and O–H groups in total. The molecule has 0 saturated heterocycles. The summed E-state index contributed by atoms with van der Waals surface area (Å²) < 4.78 is 16.9. The van der Waals surface area contributed by atoms with Crippen LogP contribution >= 0.6 is 0 Å². The SMILES string of the molecule is CC/C=C\C/C=C\C/C=C\C/C=C\CCCCCCC(=O)OC(COC(=O)CCCCCCC/C=C\C/C=C\C/C=C\CC)COC(=O)CCCCCCCCCCCCCCCCCCCCCCC/C=C\C/C=C\CCCCCCC. The number of allylic oxidation sites excluding steroid dienone is 18. The standard InChI is InChI=1S/C77H132O6/c1-4-7-10-13-16-19-22-25-28-30-31-32-33-34-35-36-37-38-39-40-41-42-43-44-45-47-49-52-55-58-61-64-67-70-76(79)82-73-74(72-81-75(78)69-66-63-60-57-54-51-48-27-24-21-18-15-12-9-6-3)83-77(80)71-68-65-62-59-56-53-50-46-29-26-23-20-17-14-11-8-5-2/h8-9,11-12,17-18,20-22,25-27,29-31,48,50,53,74H,4-7,10,13-16,19,23-24,28,32-47,49,51-52,54-73H2,1-3H3/b11-8-,12-9-,20-17-,21-18-,25-22-,29-26-,31-30-,48-27-,53-50-. The molecule has 0 aliphatic carbocycles. The van der Waals surface area contributed by atoms with Gasteiger partial charge in [0.2, 0.25) is 0 Å². The van der Waals surface area contributed by atoms with E-state index in [0.717, 1.165) is 141 Å². The highest BCUT2D eigenvalue weighted by molar-refractivity contribution is 5.71. The van der Waals surface area contributed by atoms with E-state index in [4.69, 9.17) is 14.2 Å². The third-order valence-corrected chi connectivity index (χ3v) is 15.2. The van der Waals surface area contributed by atoms with Crippen molar-refractivity contribution in [3.63, 3.8) is 0 Å². The molecule has 1 unspecified atom stereocenters. The van der Waals surface area contributed by atoms with Gasteiger partial charge in [0.15, 0.2) is 6.10 Å². The number of unbranched alkanes of at least 4 members (excludes halogenated alkanes) is 35. The van der Waals surface area contributed by atoms with Crippen molar-refractivity contribution in [3.05, 3.63) is 109 Å². The lowest BCUT2D eigenvalue weighted by molar-refractivity contribution is -0.167. The van der Waals surface area contributed by atoms with Gasteiger partial charge in [0.1, 0.15) is 13.2 Å². The second-order valence-corrected chi connectivity index (χ2v) is 23.4. The summed E-state index contributed by atoms with van der Waals surface area (Å²) in [6.45, 7) is 6.40. The van der Waals surface area contributed by atoms with Crippen molar-refractivity contribution < 1.29 is 28.6 Å². The summed E-state index contributed by atoms with van der Waals surface area (Å²) >= 11 is 0. The molecule has 0 amide bonds. The fourth-order valence-electron chi connectivity index (χ4n) is 10.0. The number of esters is 3. The number of hydrogen-bond donors (Lipinski definition) is 0.